The van der Waals surface area contributed by atoms with E-state index < -0.39 is 8.32 Å². The molecule has 160 valence electrons. The molecule has 0 aliphatic heterocycles. The van der Waals surface area contributed by atoms with Crippen LogP contribution in [0.3, 0.4) is 0 Å². The molecule has 27 heavy (non-hydrogen) atoms. The third-order valence-electron chi connectivity index (χ3n) is 5.36. The van der Waals surface area contributed by atoms with E-state index >= 15 is 0 Å². The van der Waals surface area contributed by atoms with Gasteiger partial charge in [-0.05, 0) is 43.8 Å². The minimum Gasteiger partial charge on any atom is -0.403 e. The number of hydrogen-bond acceptors (Lipinski definition) is 3. The van der Waals surface area contributed by atoms with Gasteiger partial charge in [0, 0.05) is 26.2 Å². The van der Waals surface area contributed by atoms with Crippen molar-refractivity contribution in [2.24, 2.45) is 0 Å². The van der Waals surface area contributed by atoms with Crippen LogP contribution < -0.4 is 0 Å². The molecule has 0 heterocycles. The van der Waals surface area contributed by atoms with Crippen molar-refractivity contribution in [2.75, 3.05) is 19.8 Å². The molecule has 0 saturated carbocycles. The fourth-order valence-corrected chi connectivity index (χ4v) is 3.73. The maximum atomic E-state index is 8.68. The average molecular weight is 399 g/mol. The van der Waals surface area contributed by atoms with Crippen LogP contribution in [0.4, 0.5) is 0 Å². The Kier molecular flexibility index (Phi) is 15.4. The van der Waals surface area contributed by atoms with E-state index in [1.54, 1.807) is 0 Å². The van der Waals surface area contributed by atoms with Crippen LogP contribution >= 0.6 is 0 Å². The molecule has 0 aliphatic rings. The SMILES string of the molecule is CCCC[C@H](C#CCCCCCCCOCCCO)O[Si](C)(C)C(C)(C)C. The molecule has 3 nitrogen and oxygen atoms in total. The van der Waals surface area contributed by atoms with Gasteiger partial charge in [-0.15, -0.1) is 5.92 Å². The van der Waals surface area contributed by atoms with E-state index in [0.29, 0.717) is 6.61 Å². The predicted octanol–water partition coefficient (Wildman–Crippen LogP) is 6.31. The van der Waals surface area contributed by atoms with Crippen molar-refractivity contribution in [3.63, 3.8) is 0 Å². The van der Waals surface area contributed by atoms with E-state index in [-0.39, 0.29) is 17.7 Å². The topological polar surface area (TPSA) is 38.7 Å². The first kappa shape index (κ1) is 26.7. The van der Waals surface area contributed by atoms with Crippen molar-refractivity contribution in [3.05, 3.63) is 0 Å². The third kappa shape index (κ3) is 14.3. The Hall–Kier alpha value is -0.343. The predicted molar refractivity (Wildman–Crippen MR) is 120 cm³/mol. The Morgan fingerprint density at radius 2 is 1.56 bits per heavy atom. The molecule has 0 aromatic carbocycles. The molecule has 0 aliphatic carbocycles. The first-order valence-electron chi connectivity index (χ1n) is 11.1. The van der Waals surface area contributed by atoms with Gasteiger partial charge in [-0.1, -0.05) is 65.7 Å². The van der Waals surface area contributed by atoms with Crippen molar-refractivity contribution in [3.8, 4) is 11.8 Å². The van der Waals surface area contributed by atoms with Crippen LogP contribution in [-0.2, 0) is 9.16 Å². The Morgan fingerprint density at radius 1 is 0.926 bits per heavy atom. The van der Waals surface area contributed by atoms with Crippen LogP contribution in [0.1, 0.15) is 91.9 Å². The van der Waals surface area contributed by atoms with Gasteiger partial charge < -0.3 is 14.3 Å². The van der Waals surface area contributed by atoms with E-state index in [4.69, 9.17) is 14.3 Å². The fraction of sp³-hybridized carbons (Fsp3) is 0.913. The Morgan fingerprint density at radius 3 is 2.19 bits per heavy atom. The highest BCUT2D eigenvalue weighted by Gasteiger charge is 2.38. The molecule has 1 atom stereocenters. The molecular weight excluding hydrogens is 352 g/mol. The number of hydrogen-bond donors (Lipinski definition) is 1. The smallest absolute Gasteiger partial charge is 0.193 e. The van der Waals surface area contributed by atoms with Crippen LogP contribution in [0.15, 0.2) is 0 Å². The second kappa shape index (κ2) is 15.6. The molecule has 4 heteroatoms. The van der Waals surface area contributed by atoms with Gasteiger partial charge in [0.15, 0.2) is 8.32 Å². The molecule has 0 fully saturated rings. The lowest BCUT2D eigenvalue weighted by Crippen LogP contribution is -2.43. The summed E-state index contributed by atoms with van der Waals surface area (Å²) in [4.78, 5) is 0. The van der Waals surface area contributed by atoms with Crippen LogP contribution in [0.5, 0.6) is 0 Å². The second-order valence-corrected chi connectivity index (χ2v) is 13.8. The number of unbranched alkanes of at least 4 members (excludes halogenated alkanes) is 6. The number of aliphatic hydroxyl groups is 1. The highest BCUT2D eigenvalue weighted by atomic mass is 28.4. The first-order chi connectivity index (χ1) is 12.7. The van der Waals surface area contributed by atoms with Crippen molar-refractivity contribution in [2.45, 2.75) is 116 Å². The molecule has 0 rings (SSSR count). The molecule has 1 N–H and O–H groups in total. The van der Waals surface area contributed by atoms with Gasteiger partial charge in [-0.25, -0.2) is 0 Å². The molecule has 0 saturated heterocycles. The summed E-state index contributed by atoms with van der Waals surface area (Å²) in [5.41, 5.74) is 0. The molecule has 0 amide bonds. The number of aliphatic hydroxyl groups excluding tert-OH is 1. The standard InChI is InChI=1S/C23H46O3Si/c1-7-8-17-22(26-27(5,6)23(2,3)4)18-14-12-10-9-11-13-15-20-25-21-16-19-24/h22,24H,7-13,15-17,19-21H2,1-6H3/t22-/m1/s1. The highest BCUT2D eigenvalue weighted by molar-refractivity contribution is 6.74. The van der Waals surface area contributed by atoms with Gasteiger partial charge in [0.05, 0.1) is 0 Å². The summed E-state index contributed by atoms with van der Waals surface area (Å²) < 4.78 is 12.0. The molecule has 0 bridgehead atoms. The molecule has 0 radical (unpaired) electrons. The van der Waals surface area contributed by atoms with Gasteiger partial charge in [-0.2, -0.15) is 0 Å². The van der Waals surface area contributed by atoms with Crippen LogP contribution in [0.2, 0.25) is 18.1 Å². The quantitative estimate of drug-likeness (QED) is 0.199. The van der Waals surface area contributed by atoms with Crippen molar-refractivity contribution in [1.29, 1.82) is 0 Å². The first-order valence-corrected chi connectivity index (χ1v) is 14.0. The number of rotatable bonds is 15. The summed E-state index contributed by atoms with van der Waals surface area (Å²) in [5.74, 6) is 6.83. The summed E-state index contributed by atoms with van der Waals surface area (Å²) in [6.45, 7) is 15.5. The number of ether oxygens (including phenoxy) is 1. The van der Waals surface area contributed by atoms with Gasteiger partial charge in [0.2, 0.25) is 0 Å². The molecular formula is C23H46O3Si. The second-order valence-electron chi connectivity index (χ2n) is 9.04. The molecule has 0 spiro atoms. The van der Waals surface area contributed by atoms with E-state index in [9.17, 15) is 0 Å². The summed E-state index contributed by atoms with van der Waals surface area (Å²) in [6.07, 6.45) is 11.3. The summed E-state index contributed by atoms with van der Waals surface area (Å²) >= 11 is 0. The Balaban J connectivity index is 4.03. The zero-order valence-corrected chi connectivity index (χ0v) is 20.0. The largest absolute Gasteiger partial charge is 0.403 e. The van der Waals surface area contributed by atoms with Crippen LogP contribution in [0.25, 0.3) is 0 Å². The molecule has 0 aromatic heterocycles. The van der Waals surface area contributed by atoms with E-state index in [1.165, 1.54) is 38.5 Å². The summed E-state index contributed by atoms with van der Waals surface area (Å²) in [6, 6.07) is 0. The van der Waals surface area contributed by atoms with Gasteiger partial charge >= 0.3 is 0 Å². The summed E-state index contributed by atoms with van der Waals surface area (Å²) in [7, 11) is -1.75. The zero-order valence-electron chi connectivity index (χ0n) is 19.0. The lowest BCUT2D eigenvalue weighted by Gasteiger charge is -2.38. The van der Waals surface area contributed by atoms with Crippen molar-refractivity contribution >= 4 is 8.32 Å². The summed E-state index contributed by atoms with van der Waals surface area (Å²) in [5, 5.41) is 8.92. The zero-order chi connectivity index (χ0) is 20.6. The monoisotopic (exact) mass is 398 g/mol. The third-order valence-corrected chi connectivity index (χ3v) is 9.85. The Labute approximate surface area is 170 Å². The Bertz CT molecular complexity index is 404. The van der Waals surface area contributed by atoms with Gasteiger partial charge in [0.1, 0.15) is 6.10 Å². The lowest BCUT2D eigenvalue weighted by atomic mass is 10.1. The lowest BCUT2D eigenvalue weighted by molar-refractivity contribution is 0.112. The van der Waals surface area contributed by atoms with E-state index in [2.05, 4.69) is 52.6 Å². The normalized spacial score (nSPS) is 13.3. The molecule has 0 unspecified atom stereocenters. The fourth-order valence-electron chi connectivity index (χ4n) is 2.49. The van der Waals surface area contributed by atoms with Crippen molar-refractivity contribution in [1.82, 2.24) is 0 Å². The van der Waals surface area contributed by atoms with E-state index in [1.807, 2.05) is 0 Å². The van der Waals surface area contributed by atoms with E-state index in [0.717, 1.165) is 32.3 Å². The maximum Gasteiger partial charge on any atom is 0.193 e. The maximum absolute atomic E-state index is 8.68. The van der Waals surface area contributed by atoms with Crippen LogP contribution in [-0.4, -0.2) is 39.3 Å². The van der Waals surface area contributed by atoms with Crippen molar-refractivity contribution < 1.29 is 14.3 Å². The van der Waals surface area contributed by atoms with Crippen LogP contribution in [0, 0.1) is 11.8 Å². The van der Waals surface area contributed by atoms with Gasteiger partial charge in [0.25, 0.3) is 0 Å². The molecule has 0 aromatic rings. The van der Waals surface area contributed by atoms with Gasteiger partial charge in [-0.3, -0.25) is 0 Å². The minimum atomic E-state index is -1.75. The highest BCUT2D eigenvalue weighted by Crippen LogP contribution is 2.37. The minimum absolute atomic E-state index is 0.113. The average Bonchev–Trinajstić information content (AvgIpc) is 2.59.